The third kappa shape index (κ3) is 3.69. The van der Waals surface area contributed by atoms with E-state index in [1.165, 1.54) is 12.8 Å². The van der Waals surface area contributed by atoms with Crippen molar-refractivity contribution in [3.8, 4) is 0 Å². The molecule has 0 aliphatic carbocycles. The van der Waals surface area contributed by atoms with E-state index in [2.05, 4.69) is 25.2 Å². The average molecular weight is 306 g/mol. The molecule has 22 heavy (non-hydrogen) atoms. The highest BCUT2D eigenvalue weighted by Crippen LogP contribution is 2.29. The van der Waals surface area contributed by atoms with Gasteiger partial charge in [-0.25, -0.2) is 0 Å². The predicted octanol–water partition coefficient (Wildman–Crippen LogP) is 1.08. The van der Waals surface area contributed by atoms with Crippen molar-refractivity contribution in [1.82, 2.24) is 29.8 Å². The first-order valence-electron chi connectivity index (χ1n) is 7.74. The van der Waals surface area contributed by atoms with E-state index < -0.39 is 0 Å². The largest absolute Gasteiger partial charge is 0.384 e. The van der Waals surface area contributed by atoms with E-state index in [0.29, 0.717) is 13.0 Å². The number of methoxy groups -OCH3 is 1. The van der Waals surface area contributed by atoms with Crippen LogP contribution in [0.1, 0.15) is 37.0 Å². The number of ether oxygens (including phenoxy) is 1. The Bertz CT molecular complexity index is 555. The van der Waals surface area contributed by atoms with Gasteiger partial charge < -0.3 is 13.8 Å². The molecule has 1 aliphatic heterocycles. The summed E-state index contributed by atoms with van der Waals surface area (Å²) in [5.74, 6) is 1.45. The summed E-state index contributed by atoms with van der Waals surface area (Å²) in [7, 11) is 1.68. The Kier molecular flexibility index (Phi) is 5.12. The van der Waals surface area contributed by atoms with Gasteiger partial charge in [-0.15, -0.1) is 10.2 Å². The first-order chi connectivity index (χ1) is 10.9. The number of aromatic nitrogens is 5. The van der Waals surface area contributed by atoms with Crippen LogP contribution in [0.2, 0.25) is 0 Å². The molecule has 120 valence electrons. The molecule has 1 fully saturated rings. The second-order valence-corrected chi connectivity index (χ2v) is 5.54. The van der Waals surface area contributed by atoms with Gasteiger partial charge in [0.15, 0.2) is 5.82 Å². The van der Waals surface area contributed by atoms with Crippen molar-refractivity contribution < 1.29 is 9.26 Å². The smallest absolute Gasteiger partial charge is 0.243 e. The number of rotatable bonds is 7. The zero-order valence-corrected chi connectivity index (χ0v) is 12.9. The molecule has 8 nitrogen and oxygen atoms in total. The normalized spacial score (nSPS) is 19.6. The van der Waals surface area contributed by atoms with Crippen molar-refractivity contribution in [2.45, 2.75) is 38.3 Å². The molecule has 0 N–H and O–H groups in total. The average Bonchev–Trinajstić information content (AvgIpc) is 3.23. The van der Waals surface area contributed by atoms with Gasteiger partial charge in [-0.2, -0.15) is 4.98 Å². The van der Waals surface area contributed by atoms with Gasteiger partial charge in [0.25, 0.3) is 0 Å². The van der Waals surface area contributed by atoms with Gasteiger partial charge in [-0.1, -0.05) is 11.6 Å². The zero-order valence-electron chi connectivity index (χ0n) is 12.9. The van der Waals surface area contributed by atoms with E-state index in [1.54, 1.807) is 19.8 Å². The maximum Gasteiger partial charge on any atom is 0.243 e. The molecule has 1 aliphatic rings. The Morgan fingerprint density at radius 3 is 2.95 bits per heavy atom. The first kappa shape index (κ1) is 15.1. The summed E-state index contributed by atoms with van der Waals surface area (Å²) in [6.45, 7) is 3.47. The van der Waals surface area contributed by atoms with Crippen LogP contribution in [-0.4, -0.2) is 56.6 Å². The molecular formula is C14H22N6O2. The lowest BCUT2D eigenvalue weighted by molar-refractivity contribution is 0.114. The van der Waals surface area contributed by atoms with Crippen LogP contribution in [0.5, 0.6) is 0 Å². The minimum absolute atomic E-state index is 0.217. The first-order valence-corrected chi connectivity index (χ1v) is 7.74. The van der Waals surface area contributed by atoms with Crippen molar-refractivity contribution in [3.63, 3.8) is 0 Å². The standard InChI is InChI=1S/C14H22N6O2/c1-21-9-5-13-17-14(22-18-13)12-4-2-3-6-20(12)8-7-19-10-15-16-11-19/h10-12H,2-9H2,1H3. The molecule has 2 aromatic heterocycles. The Morgan fingerprint density at radius 2 is 2.14 bits per heavy atom. The van der Waals surface area contributed by atoms with Gasteiger partial charge >= 0.3 is 0 Å². The molecule has 1 unspecified atom stereocenters. The highest BCUT2D eigenvalue weighted by Gasteiger charge is 2.28. The Labute approximate surface area is 129 Å². The SMILES string of the molecule is COCCc1noc(C2CCCCN2CCn2cnnc2)n1. The van der Waals surface area contributed by atoms with E-state index in [0.717, 1.165) is 37.8 Å². The van der Waals surface area contributed by atoms with E-state index in [1.807, 2.05) is 4.57 Å². The van der Waals surface area contributed by atoms with Crippen LogP contribution in [0.4, 0.5) is 0 Å². The van der Waals surface area contributed by atoms with E-state index in [4.69, 9.17) is 9.26 Å². The minimum atomic E-state index is 0.217. The van der Waals surface area contributed by atoms with Crippen molar-refractivity contribution in [3.05, 3.63) is 24.4 Å². The number of piperidine rings is 1. The van der Waals surface area contributed by atoms with Crippen LogP contribution < -0.4 is 0 Å². The van der Waals surface area contributed by atoms with Crippen LogP contribution >= 0.6 is 0 Å². The summed E-state index contributed by atoms with van der Waals surface area (Å²) in [6.07, 6.45) is 7.65. The molecule has 2 aromatic rings. The van der Waals surface area contributed by atoms with Gasteiger partial charge in [0.1, 0.15) is 12.7 Å². The molecule has 3 heterocycles. The second-order valence-electron chi connectivity index (χ2n) is 5.54. The zero-order chi connectivity index (χ0) is 15.2. The molecule has 0 aromatic carbocycles. The van der Waals surface area contributed by atoms with Crippen LogP contribution in [0.3, 0.4) is 0 Å². The monoisotopic (exact) mass is 306 g/mol. The van der Waals surface area contributed by atoms with E-state index in [-0.39, 0.29) is 6.04 Å². The van der Waals surface area contributed by atoms with Crippen LogP contribution in [0.15, 0.2) is 17.2 Å². The third-order valence-electron chi connectivity index (χ3n) is 4.02. The fraction of sp³-hybridized carbons (Fsp3) is 0.714. The quantitative estimate of drug-likeness (QED) is 0.757. The van der Waals surface area contributed by atoms with Crippen LogP contribution in [0, 0.1) is 0 Å². The molecule has 0 amide bonds. The molecule has 3 rings (SSSR count). The Morgan fingerprint density at radius 1 is 1.27 bits per heavy atom. The van der Waals surface area contributed by atoms with Crippen molar-refractivity contribution >= 4 is 0 Å². The summed E-state index contributed by atoms with van der Waals surface area (Å²) in [5, 5.41) is 11.7. The predicted molar refractivity (Wildman–Crippen MR) is 78.1 cm³/mol. The molecular weight excluding hydrogens is 284 g/mol. The highest BCUT2D eigenvalue weighted by molar-refractivity contribution is 4.96. The van der Waals surface area contributed by atoms with Gasteiger partial charge in [0.05, 0.1) is 12.6 Å². The summed E-state index contributed by atoms with van der Waals surface area (Å²) >= 11 is 0. The number of hydrogen-bond donors (Lipinski definition) is 0. The second kappa shape index (κ2) is 7.46. The van der Waals surface area contributed by atoms with E-state index in [9.17, 15) is 0 Å². The van der Waals surface area contributed by atoms with Crippen molar-refractivity contribution in [1.29, 1.82) is 0 Å². The number of nitrogens with zero attached hydrogens (tertiary/aromatic N) is 6. The van der Waals surface area contributed by atoms with Gasteiger partial charge in [0.2, 0.25) is 5.89 Å². The lowest BCUT2D eigenvalue weighted by Crippen LogP contribution is -2.35. The van der Waals surface area contributed by atoms with Crippen LogP contribution in [-0.2, 0) is 17.7 Å². The molecule has 0 saturated carbocycles. The number of hydrogen-bond acceptors (Lipinski definition) is 7. The molecule has 0 spiro atoms. The van der Waals surface area contributed by atoms with Crippen LogP contribution in [0.25, 0.3) is 0 Å². The summed E-state index contributed by atoms with van der Waals surface area (Å²) in [6, 6.07) is 0.217. The van der Waals surface area contributed by atoms with Crippen molar-refractivity contribution in [2.24, 2.45) is 0 Å². The van der Waals surface area contributed by atoms with Gasteiger partial charge in [-0.05, 0) is 19.4 Å². The third-order valence-corrected chi connectivity index (χ3v) is 4.02. The Balaban J connectivity index is 1.62. The molecule has 8 heteroatoms. The Hall–Kier alpha value is -1.80. The summed E-state index contributed by atoms with van der Waals surface area (Å²) in [4.78, 5) is 6.95. The molecule has 1 saturated heterocycles. The highest BCUT2D eigenvalue weighted by atomic mass is 16.5. The maximum atomic E-state index is 5.48. The minimum Gasteiger partial charge on any atom is -0.384 e. The number of likely N-dealkylation sites (tertiary alicyclic amines) is 1. The summed E-state index contributed by atoms with van der Waals surface area (Å²) in [5.41, 5.74) is 0. The van der Waals surface area contributed by atoms with Gasteiger partial charge in [0, 0.05) is 26.6 Å². The maximum absolute atomic E-state index is 5.48. The van der Waals surface area contributed by atoms with E-state index >= 15 is 0 Å². The fourth-order valence-corrected chi connectivity index (χ4v) is 2.82. The molecule has 0 bridgehead atoms. The lowest BCUT2D eigenvalue weighted by atomic mass is 10.0. The lowest BCUT2D eigenvalue weighted by Gasteiger charge is -2.33. The van der Waals surface area contributed by atoms with Gasteiger partial charge in [-0.3, -0.25) is 4.90 Å². The molecule has 1 atom stereocenters. The summed E-state index contributed by atoms with van der Waals surface area (Å²) < 4.78 is 12.5. The topological polar surface area (TPSA) is 82.1 Å². The fourth-order valence-electron chi connectivity index (χ4n) is 2.82. The van der Waals surface area contributed by atoms with Crippen molar-refractivity contribution in [2.75, 3.05) is 26.8 Å². The molecule has 0 radical (unpaired) electrons.